The molecule has 0 fully saturated rings. The summed E-state index contributed by atoms with van der Waals surface area (Å²) >= 11 is 6.02. The summed E-state index contributed by atoms with van der Waals surface area (Å²) in [5, 5.41) is 21.5. The molecular formula is C24H22ClNO5. The molecule has 2 N–H and O–H groups in total. The first kappa shape index (κ1) is 21.0. The summed E-state index contributed by atoms with van der Waals surface area (Å²) in [6.45, 7) is 2.45. The van der Waals surface area contributed by atoms with Crippen LogP contribution < -0.4 is 0 Å². The molecule has 4 rings (SSSR count). The van der Waals surface area contributed by atoms with Gasteiger partial charge < -0.3 is 19.5 Å². The SMILES string of the molecule is CCCCCN1C(=O)C(O)=C(C(=O)c2cc3cc(Cl)ccc3o2)C1c1ccc(O)cc1. The van der Waals surface area contributed by atoms with Crippen molar-refractivity contribution < 1.29 is 24.2 Å². The molecule has 3 aromatic rings. The maximum absolute atomic E-state index is 13.4. The molecule has 160 valence electrons. The average Bonchev–Trinajstić information content (AvgIpc) is 3.28. The number of aliphatic hydroxyl groups excluding tert-OH is 1. The first-order chi connectivity index (χ1) is 14.9. The smallest absolute Gasteiger partial charge is 0.290 e. The third-order valence-electron chi connectivity index (χ3n) is 5.46. The number of phenolic OH excluding ortho intramolecular Hbond substituents is 1. The van der Waals surface area contributed by atoms with E-state index >= 15 is 0 Å². The van der Waals surface area contributed by atoms with Crippen molar-refractivity contribution in [1.82, 2.24) is 4.90 Å². The fourth-order valence-corrected chi connectivity index (χ4v) is 4.09. The highest BCUT2D eigenvalue weighted by molar-refractivity contribution is 6.31. The molecule has 1 amide bonds. The number of hydrogen-bond acceptors (Lipinski definition) is 5. The molecule has 1 aliphatic heterocycles. The van der Waals surface area contributed by atoms with Gasteiger partial charge in [-0.25, -0.2) is 0 Å². The third-order valence-corrected chi connectivity index (χ3v) is 5.70. The Morgan fingerprint density at radius 1 is 1.10 bits per heavy atom. The second kappa shape index (κ2) is 8.47. The minimum Gasteiger partial charge on any atom is -0.508 e. The molecule has 0 aliphatic carbocycles. The number of amides is 1. The van der Waals surface area contributed by atoms with Crippen molar-refractivity contribution in [3.8, 4) is 5.75 Å². The number of ketones is 1. The molecule has 2 aromatic carbocycles. The number of unbranched alkanes of at least 4 members (excludes halogenated alkanes) is 2. The number of hydrogen-bond donors (Lipinski definition) is 2. The second-order valence-corrected chi connectivity index (χ2v) is 8.02. The maximum atomic E-state index is 13.4. The minimum atomic E-state index is -0.769. The lowest BCUT2D eigenvalue weighted by Gasteiger charge is -2.26. The molecule has 31 heavy (non-hydrogen) atoms. The normalized spacial score (nSPS) is 16.5. The molecule has 0 bridgehead atoms. The van der Waals surface area contributed by atoms with Gasteiger partial charge >= 0.3 is 0 Å². The monoisotopic (exact) mass is 439 g/mol. The quantitative estimate of drug-likeness (QED) is 0.371. The maximum Gasteiger partial charge on any atom is 0.290 e. The van der Waals surface area contributed by atoms with Gasteiger partial charge in [0.15, 0.2) is 11.5 Å². The van der Waals surface area contributed by atoms with E-state index in [2.05, 4.69) is 6.92 Å². The summed E-state index contributed by atoms with van der Waals surface area (Å²) in [4.78, 5) is 27.8. The third kappa shape index (κ3) is 3.91. The van der Waals surface area contributed by atoms with Gasteiger partial charge in [-0.2, -0.15) is 0 Å². The van der Waals surface area contributed by atoms with Crippen LogP contribution in [-0.2, 0) is 4.79 Å². The number of halogens is 1. The standard InChI is InChI=1S/C24H22ClNO5/c1-2-3-4-11-26-21(14-5-8-17(27)9-6-14)20(23(29)24(26)30)22(28)19-13-15-12-16(25)7-10-18(15)31-19/h5-10,12-13,21,27,29H,2-4,11H2,1H3. The fourth-order valence-electron chi connectivity index (χ4n) is 3.91. The van der Waals surface area contributed by atoms with Crippen LogP contribution in [-0.4, -0.2) is 33.3 Å². The lowest BCUT2D eigenvalue weighted by Crippen LogP contribution is -2.32. The Bertz CT molecular complexity index is 1180. The highest BCUT2D eigenvalue weighted by Gasteiger charge is 2.44. The molecule has 0 radical (unpaired) electrons. The molecule has 6 nitrogen and oxygen atoms in total. The van der Waals surface area contributed by atoms with E-state index in [1.807, 2.05) is 0 Å². The molecule has 0 spiro atoms. The topological polar surface area (TPSA) is 91.0 Å². The summed E-state index contributed by atoms with van der Waals surface area (Å²) in [6, 6.07) is 12.1. The van der Waals surface area contributed by atoms with Gasteiger partial charge in [-0.05, 0) is 48.4 Å². The first-order valence-electron chi connectivity index (χ1n) is 10.2. The Labute approximate surface area is 184 Å². The van der Waals surface area contributed by atoms with Crippen LogP contribution in [0.4, 0.5) is 0 Å². The number of carbonyl (C=O) groups excluding carboxylic acids is 2. The zero-order valence-electron chi connectivity index (χ0n) is 17.0. The number of fused-ring (bicyclic) bond motifs is 1. The number of phenols is 1. The van der Waals surface area contributed by atoms with Gasteiger partial charge in [-0.1, -0.05) is 43.5 Å². The summed E-state index contributed by atoms with van der Waals surface area (Å²) in [6.07, 6.45) is 2.63. The Morgan fingerprint density at radius 2 is 1.84 bits per heavy atom. The van der Waals surface area contributed by atoms with E-state index in [0.29, 0.717) is 28.1 Å². The molecule has 1 atom stereocenters. The molecule has 1 unspecified atom stereocenters. The molecule has 1 aliphatic rings. The first-order valence-corrected chi connectivity index (χ1v) is 10.5. The van der Waals surface area contributed by atoms with Gasteiger partial charge in [0, 0.05) is 17.0 Å². The van der Waals surface area contributed by atoms with Crippen molar-refractivity contribution in [3.63, 3.8) is 0 Å². The van der Waals surface area contributed by atoms with Crippen LogP contribution in [0, 0.1) is 0 Å². The lowest BCUT2D eigenvalue weighted by molar-refractivity contribution is -0.129. The Kier molecular flexibility index (Phi) is 5.74. The average molecular weight is 440 g/mol. The van der Waals surface area contributed by atoms with Crippen LogP contribution >= 0.6 is 11.6 Å². The van der Waals surface area contributed by atoms with Crippen molar-refractivity contribution in [3.05, 3.63) is 76.2 Å². The number of furan rings is 1. The summed E-state index contributed by atoms with van der Waals surface area (Å²) in [5.74, 6) is -1.63. The van der Waals surface area contributed by atoms with E-state index in [4.69, 9.17) is 16.0 Å². The van der Waals surface area contributed by atoms with Gasteiger partial charge in [0.25, 0.3) is 5.91 Å². The highest BCUT2D eigenvalue weighted by Crippen LogP contribution is 2.40. The molecular weight excluding hydrogens is 418 g/mol. The molecule has 0 saturated heterocycles. The van der Waals surface area contributed by atoms with Crippen molar-refractivity contribution in [1.29, 1.82) is 0 Å². The van der Waals surface area contributed by atoms with Crippen LogP contribution in [0.1, 0.15) is 48.3 Å². The predicted octanol–water partition coefficient (Wildman–Crippen LogP) is 5.56. The predicted molar refractivity (Wildman–Crippen MR) is 117 cm³/mol. The summed E-state index contributed by atoms with van der Waals surface area (Å²) < 4.78 is 5.69. The van der Waals surface area contributed by atoms with Crippen LogP contribution in [0.25, 0.3) is 11.0 Å². The molecule has 0 saturated carbocycles. The fraction of sp³-hybridized carbons (Fsp3) is 0.250. The number of carbonyl (C=O) groups is 2. The lowest BCUT2D eigenvalue weighted by atomic mass is 9.95. The van der Waals surface area contributed by atoms with Crippen molar-refractivity contribution in [2.24, 2.45) is 0 Å². The Balaban J connectivity index is 1.76. The number of benzene rings is 2. The summed E-state index contributed by atoms with van der Waals surface area (Å²) in [7, 11) is 0. The zero-order valence-corrected chi connectivity index (χ0v) is 17.7. The van der Waals surface area contributed by atoms with E-state index < -0.39 is 23.5 Å². The van der Waals surface area contributed by atoms with E-state index in [-0.39, 0.29) is 17.1 Å². The van der Waals surface area contributed by atoms with E-state index in [1.165, 1.54) is 17.0 Å². The van der Waals surface area contributed by atoms with E-state index in [0.717, 1.165) is 19.3 Å². The number of nitrogens with zero attached hydrogens (tertiary/aromatic N) is 1. The van der Waals surface area contributed by atoms with Crippen LogP contribution in [0.15, 0.2) is 64.3 Å². The van der Waals surface area contributed by atoms with Crippen LogP contribution in [0.5, 0.6) is 5.75 Å². The van der Waals surface area contributed by atoms with Gasteiger partial charge in [-0.15, -0.1) is 0 Å². The second-order valence-electron chi connectivity index (χ2n) is 7.58. The number of rotatable bonds is 7. The molecule has 1 aromatic heterocycles. The zero-order chi connectivity index (χ0) is 22.1. The molecule has 7 heteroatoms. The van der Waals surface area contributed by atoms with E-state index in [1.54, 1.807) is 36.4 Å². The van der Waals surface area contributed by atoms with Gasteiger partial charge in [-0.3, -0.25) is 9.59 Å². The van der Waals surface area contributed by atoms with E-state index in [9.17, 15) is 19.8 Å². The van der Waals surface area contributed by atoms with Crippen molar-refractivity contribution in [2.45, 2.75) is 32.2 Å². The van der Waals surface area contributed by atoms with Crippen molar-refractivity contribution in [2.75, 3.05) is 6.54 Å². The Morgan fingerprint density at radius 3 is 2.55 bits per heavy atom. The van der Waals surface area contributed by atoms with Crippen LogP contribution in [0.2, 0.25) is 5.02 Å². The van der Waals surface area contributed by atoms with Crippen LogP contribution in [0.3, 0.4) is 0 Å². The van der Waals surface area contributed by atoms with Crippen molar-refractivity contribution >= 4 is 34.3 Å². The summed E-state index contributed by atoms with van der Waals surface area (Å²) in [5.41, 5.74) is 1.07. The molecule has 2 heterocycles. The minimum absolute atomic E-state index is 0.0193. The van der Waals surface area contributed by atoms with Gasteiger partial charge in [0.1, 0.15) is 11.3 Å². The Hall–Kier alpha value is -3.25. The van der Waals surface area contributed by atoms with Gasteiger partial charge in [0.05, 0.1) is 11.6 Å². The number of aliphatic hydroxyl groups is 1. The number of aromatic hydroxyl groups is 1. The van der Waals surface area contributed by atoms with Gasteiger partial charge in [0.2, 0.25) is 5.78 Å². The highest BCUT2D eigenvalue weighted by atomic mass is 35.5. The largest absolute Gasteiger partial charge is 0.508 e. The number of Topliss-reactive ketones (excluding diaryl/α,β-unsaturated/α-hetero) is 1.